The molecule has 0 saturated carbocycles. The van der Waals surface area contributed by atoms with Crippen LogP contribution in [-0.2, 0) is 27.9 Å². The van der Waals surface area contributed by atoms with Gasteiger partial charge in [0.25, 0.3) is 0 Å². The quantitative estimate of drug-likeness (QED) is 0.0268. The summed E-state index contributed by atoms with van der Waals surface area (Å²) in [5.74, 6) is -0.365. The molecule has 0 aliphatic carbocycles. The largest absolute Gasteiger partial charge is 0.472 e. The SMILES string of the molecule is CC/C=C\C/C=C\C/C=C\C/C=C\C/C=C\CCCCCC(=O)OC(COCCCCCCCCCCCCC/C=C\C/C=C\C/C=C\CCCCCCC)COP(=O)(O)OCCN. The Morgan fingerprint density at radius 3 is 1.31 bits per heavy atom. The average Bonchev–Trinajstić information content (AvgIpc) is 3.29. The molecule has 2 unspecified atom stereocenters. The van der Waals surface area contributed by atoms with Gasteiger partial charge in [0.2, 0.25) is 0 Å². The Kier molecular flexibility index (Phi) is 49.3. The van der Waals surface area contributed by atoms with Crippen molar-refractivity contribution < 1.29 is 32.8 Å². The van der Waals surface area contributed by atoms with Gasteiger partial charge in [0.1, 0.15) is 6.10 Å². The van der Waals surface area contributed by atoms with Crippen molar-refractivity contribution in [1.82, 2.24) is 0 Å². The number of esters is 1. The van der Waals surface area contributed by atoms with Gasteiger partial charge in [-0.3, -0.25) is 13.8 Å². The molecule has 0 saturated heterocycles. The van der Waals surface area contributed by atoms with Gasteiger partial charge in [-0.1, -0.05) is 201 Å². The van der Waals surface area contributed by atoms with Crippen molar-refractivity contribution in [1.29, 1.82) is 0 Å². The number of carbonyl (C=O) groups excluding carboxylic acids is 1. The topological polar surface area (TPSA) is 117 Å². The fraction of sp³-hybridized carbons (Fsp3) is 0.691. The summed E-state index contributed by atoms with van der Waals surface area (Å²) in [6.07, 6.45) is 68.7. The van der Waals surface area contributed by atoms with Gasteiger partial charge in [-0.05, 0) is 96.3 Å². The lowest BCUT2D eigenvalue weighted by molar-refractivity contribution is -0.154. The van der Waals surface area contributed by atoms with E-state index in [1.165, 1.54) is 103 Å². The monoisotopic (exact) mass is 914 g/mol. The molecule has 0 bridgehead atoms. The molecule has 0 amide bonds. The van der Waals surface area contributed by atoms with Crippen LogP contribution >= 0.6 is 7.82 Å². The van der Waals surface area contributed by atoms with Crippen LogP contribution < -0.4 is 5.73 Å². The first kappa shape index (κ1) is 61.4. The summed E-state index contributed by atoms with van der Waals surface area (Å²) in [4.78, 5) is 22.6. The van der Waals surface area contributed by atoms with Gasteiger partial charge in [0, 0.05) is 19.6 Å². The minimum absolute atomic E-state index is 0.0890. The van der Waals surface area contributed by atoms with E-state index in [0.29, 0.717) is 13.0 Å². The van der Waals surface area contributed by atoms with Crippen LogP contribution in [0.3, 0.4) is 0 Å². The van der Waals surface area contributed by atoms with Crippen LogP contribution in [0.1, 0.15) is 206 Å². The maximum Gasteiger partial charge on any atom is 0.472 e. The summed E-state index contributed by atoms with van der Waals surface area (Å²) in [6.45, 7) is 4.74. The summed E-state index contributed by atoms with van der Waals surface area (Å²) in [7, 11) is -4.30. The highest BCUT2D eigenvalue weighted by Crippen LogP contribution is 2.43. The number of nitrogens with two attached hydrogens (primary N) is 1. The van der Waals surface area contributed by atoms with Gasteiger partial charge >= 0.3 is 13.8 Å². The van der Waals surface area contributed by atoms with E-state index in [1.54, 1.807) is 0 Å². The van der Waals surface area contributed by atoms with Crippen LogP contribution in [0.25, 0.3) is 0 Å². The molecule has 9 heteroatoms. The molecule has 3 N–H and O–H groups in total. The van der Waals surface area contributed by atoms with Crippen LogP contribution in [0.15, 0.2) is 97.2 Å². The summed E-state index contributed by atoms with van der Waals surface area (Å²) in [6, 6.07) is 0. The third-order valence-electron chi connectivity index (χ3n) is 10.5. The van der Waals surface area contributed by atoms with Gasteiger partial charge in [-0.25, -0.2) is 4.57 Å². The minimum Gasteiger partial charge on any atom is -0.457 e. The standard InChI is InChI=1S/C55H96NO7P/c1-3-5-7-9-11-13-15-17-19-21-23-24-25-26-27-28-29-31-33-35-37-39-41-43-45-47-50-60-52-54(53-62-64(58,59)61-51-49-56)63-55(57)48-46-44-42-40-38-36-34-32-30-22-20-18-16-14-12-10-8-6-4-2/h6,8,12,14-15,17-18,20-21,23,25-26,30,32,36,38,54H,3-5,7,9-11,13,16,19,22,24,27-29,31,33-35,37,39-53,56H2,1-2H3,(H,58,59)/b8-6-,14-12-,17-15-,20-18-,23-21-,26-25-,32-30-,38-36-. The maximum atomic E-state index is 12.6. The van der Waals surface area contributed by atoms with Crippen LogP contribution in [0.2, 0.25) is 0 Å². The highest BCUT2D eigenvalue weighted by molar-refractivity contribution is 7.47. The average molecular weight is 914 g/mol. The van der Waals surface area contributed by atoms with E-state index in [1.807, 2.05) is 0 Å². The molecule has 0 aromatic rings. The van der Waals surface area contributed by atoms with E-state index in [-0.39, 0.29) is 38.8 Å². The van der Waals surface area contributed by atoms with Gasteiger partial charge in [0.05, 0.1) is 19.8 Å². The molecule has 0 heterocycles. The van der Waals surface area contributed by atoms with Crippen molar-refractivity contribution in [3.63, 3.8) is 0 Å². The third kappa shape index (κ3) is 50.4. The Labute approximate surface area is 393 Å². The molecule has 0 aliphatic heterocycles. The van der Waals surface area contributed by atoms with Crippen molar-refractivity contribution in [2.75, 3.05) is 33.0 Å². The Bertz CT molecular complexity index is 1300. The Balaban J connectivity index is 4.01. The number of hydrogen-bond donors (Lipinski definition) is 2. The molecule has 0 rings (SSSR count). The van der Waals surface area contributed by atoms with Crippen molar-refractivity contribution in [2.24, 2.45) is 5.73 Å². The molecular formula is C55H96NO7P. The number of allylic oxidation sites excluding steroid dienone is 16. The van der Waals surface area contributed by atoms with Gasteiger partial charge in [-0.2, -0.15) is 0 Å². The highest BCUT2D eigenvalue weighted by atomic mass is 31.2. The molecule has 0 fully saturated rings. The fourth-order valence-corrected chi connectivity index (χ4v) is 7.50. The lowest BCUT2D eigenvalue weighted by Crippen LogP contribution is -2.28. The zero-order chi connectivity index (χ0) is 46.5. The third-order valence-corrected chi connectivity index (χ3v) is 11.5. The Morgan fingerprint density at radius 1 is 0.484 bits per heavy atom. The molecule has 0 spiro atoms. The molecule has 0 aromatic heterocycles. The van der Waals surface area contributed by atoms with E-state index in [0.717, 1.165) is 77.0 Å². The van der Waals surface area contributed by atoms with Gasteiger partial charge in [0.15, 0.2) is 0 Å². The van der Waals surface area contributed by atoms with Crippen LogP contribution in [0.4, 0.5) is 0 Å². The summed E-state index contributed by atoms with van der Waals surface area (Å²) >= 11 is 0. The van der Waals surface area contributed by atoms with Crippen LogP contribution in [-0.4, -0.2) is 49.9 Å². The van der Waals surface area contributed by atoms with E-state index < -0.39 is 13.9 Å². The second-order valence-electron chi connectivity index (χ2n) is 16.6. The number of phosphoric acid groups is 1. The first-order chi connectivity index (χ1) is 31.4. The van der Waals surface area contributed by atoms with E-state index in [9.17, 15) is 14.3 Å². The molecule has 2 atom stereocenters. The second-order valence-corrected chi connectivity index (χ2v) is 18.1. The number of phosphoric ester groups is 1. The summed E-state index contributed by atoms with van der Waals surface area (Å²) in [5.41, 5.74) is 5.39. The fourth-order valence-electron chi connectivity index (χ4n) is 6.74. The molecule has 0 aliphatic rings. The Hall–Kier alpha value is -2.58. The molecule has 368 valence electrons. The van der Waals surface area contributed by atoms with Crippen molar-refractivity contribution in [3.8, 4) is 0 Å². The van der Waals surface area contributed by atoms with E-state index in [2.05, 4.69) is 111 Å². The predicted molar refractivity (Wildman–Crippen MR) is 274 cm³/mol. The van der Waals surface area contributed by atoms with E-state index in [4.69, 9.17) is 24.3 Å². The van der Waals surface area contributed by atoms with Gasteiger partial charge in [-0.15, -0.1) is 0 Å². The smallest absolute Gasteiger partial charge is 0.457 e. The number of ether oxygens (including phenoxy) is 2. The maximum absolute atomic E-state index is 12.6. The normalized spacial score (nSPS) is 14.1. The number of carbonyl (C=O) groups is 1. The minimum atomic E-state index is -4.30. The van der Waals surface area contributed by atoms with Crippen LogP contribution in [0.5, 0.6) is 0 Å². The lowest BCUT2D eigenvalue weighted by atomic mass is 10.1. The number of hydrogen-bond acceptors (Lipinski definition) is 7. The molecule has 64 heavy (non-hydrogen) atoms. The summed E-state index contributed by atoms with van der Waals surface area (Å²) < 4.78 is 33.5. The molecule has 0 radical (unpaired) electrons. The second kappa shape index (κ2) is 51.4. The zero-order valence-corrected chi connectivity index (χ0v) is 41.9. The first-order valence-corrected chi connectivity index (χ1v) is 27.2. The predicted octanol–water partition coefficient (Wildman–Crippen LogP) is 16.2. The first-order valence-electron chi connectivity index (χ1n) is 25.7. The van der Waals surface area contributed by atoms with E-state index >= 15 is 0 Å². The molecule has 8 nitrogen and oxygen atoms in total. The van der Waals surface area contributed by atoms with Crippen molar-refractivity contribution in [3.05, 3.63) is 97.2 Å². The summed E-state index contributed by atoms with van der Waals surface area (Å²) in [5, 5.41) is 0. The molecular weight excluding hydrogens is 818 g/mol. The van der Waals surface area contributed by atoms with Crippen LogP contribution in [0, 0.1) is 0 Å². The van der Waals surface area contributed by atoms with Crippen molar-refractivity contribution >= 4 is 13.8 Å². The lowest BCUT2D eigenvalue weighted by Gasteiger charge is -2.20. The van der Waals surface area contributed by atoms with Gasteiger partial charge < -0.3 is 20.1 Å². The number of rotatable bonds is 48. The zero-order valence-electron chi connectivity index (χ0n) is 41.0. The number of unbranched alkanes of at least 4 members (excludes halogenated alkanes) is 19. The highest BCUT2D eigenvalue weighted by Gasteiger charge is 2.25. The molecule has 0 aromatic carbocycles. The van der Waals surface area contributed by atoms with Crippen molar-refractivity contribution in [2.45, 2.75) is 213 Å². The Morgan fingerprint density at radius 2 is 0.875 bits per heavy atom.